The van der Waals surface area contributed by atoms with Gasteiger partial charge in [0.05, 0.1) is 5.56 Å². The second-order valence-electron chi connectivity index (χ2n) is 2.72. The molecule has 1 aromatic heterocycles. The summed E-state index contributed by atoms with van der Waals surface area (Å²) in [5.41, 5.74) is 7.17. The lowest BCUT2D eigenvalue weighted by atomic mass is 10.2. The van der Waals surface area contributed by atoms with E-state index in [9.17, 15) is 4.79 Å². The molecule has 0 aliphatic heterocycles. The number of nitrogens with one attached hydrogen (secondary N) is 1. The molecule has 0 bridgehead atoms. The SMILES string of the molecule is CN(C)C(=O)c1ccc(N=N)nc1. The third-order valence-corrected chi connectivity index (χ3v) is 1.52. The maximum atomic E-state index is 11.4. The lowest BCUT2D eigenvalue weighted by molar-refractivity contribution is 0.0827. The van der Waals surface area contributed by atoms with Crippen molar-refractivity contribution in [2.75, 3.05) is 14.1 Å². The third kappa shape index (κ3) is 2.08. The van der Waals surface area contributed by atoms with E-state index in [4.69, 9.17) is 5.53 Å². The first-order valence-corrected chi connectivity index (χ1v) is 3.70. The van der Waals surface area contributed by atoms with Crippen molar-refractivity contribution in [1.82, 2.24) is 9.88 Å². The summed E-state index contributed by atoms with van der Waals surface area (Å²) in [6.07, 6.45) is 1.41. The molecule has 0 radical (unpaired) electrons. The van der Waals surface area contributed by atoms with Gasteiger partial charge in [-0.1, -0.05) is 0 Å². The summed E-state index contributed by atoms with van der Waals surface area (Å²) in [7, 11) is 3.34. The fourth-order valence-corrected chi connectivity index (χ4v) is 0.837. The highest BCUT2D eigenvalue weighted by Crippen LogP contribution is 2.08. The van der Waals surface area contributed by atoms with E-state index in [1.807, 2.05) is 0 Å². The maximum Gasteiger partial charge on any atom is 0.254 e. The summed E-state index contributed by atoms with van der Waals surface area (Å²) in [5.74, 6) is 0.194. The van der Waals surface area contributed by atoms with Gasteiger partial charge in [0.25, 0.3) is 5.91 Å². The van der Waals surface area contributed by atoms with Crippen molar-refractivity contribution < 1.29 is 4.79 Å². The molecule has 1 amide bonds. The second-order valence-corrected chi connectivity index (χ2v) is 2.72. The topological polar surface area (TPSA) is 69.4 Å². The largest absolute Gasteiger partial charge is 0.345 e. The van der Waals surface area contributed by atoms with Gasteiger partial charge >= 0.3 is 0 Å². The van der Waals surface area contributed by atoms with Crippen LogP contribution >= 0.6 is 0 Å². The molecule has 5 nitrogen and oxygen atoms in total. The van der Waals surface area contributed by atoms with Crippen molar-refractivity contribution in [2.45, 2.75) is 0 Å². The van der Waals surface area contributed by atoms with Gasteiger partial charge in [0.1, 0.15) is 0 Å². The predicted octanol–water partition coefficient (Wildman–Crippen LogP) is 1.45. The van der Waals surface area contributed by atoms with Gasteiger partial charge in [0.2, 0.25) is 0 Å². The smallest absolute Gasteiger partial charge is 0.254 e. The maximum absolute atomic E-state index is 11.4. The molecule has 0 aromatic carbocycles. The molecule has 0 saturated carbocycles. The molecule has 13 heavy (non-hydrogen) atoms. The molecule has 1 heterocycles. The summed E-state index contributed by atoms with van der Waals surface area (Å²) in [6.45, 7) is 0. The van der Waals surface area contributed by atoms with E-state index >= 15 is 0 Å². The number of aromatic nitrogens is 1. The predicted molar refractivity (Wildman–Crippen MR) is 47.1 cm³/mol. The molecule has 0 spiro atoms. The molecule has 0 unspecified atom stereocenters. The van der Waals surface area contributed by atoms with E-state index < -0.39 is 0 Å². The molecule has 1 N–H and O–H groups in total. The summed E-state index contributed by atoms with van der Waals surface area (Å²) < 4.78 is 0. The van der Waals surface area contributed by atoms with Gasteiger partial charge in [-0.3, -0.25) is 4.79 Å². The molecule has 0 aliphatic rings. The van der Waals surface area contributed by atoms with E-state index in [1.54, 1.807) is 20.2 Å². The third-order valence-electron chi connectivity index (χ3n) is 1.52. The van der Waals surface area contributed by atoms with Crippen LogP contribution in [-0.2, 0) is 0 Å². The highest BCUT2D eigenvalue weighted by atomic mass is 16.2. The Morgan fingerprint density at radius 2 is 2.23 bits per heavy atom. The minimum atomic E-state index is -0.107. The first-order chi connectivity index (χ1) is 6.15. The molecule has 1 rings (SSSR count). The Hall–Kier alpha value is -1.78. The highest BCUT2D eigenvalue weighted by molar-refractivity contribution is 5.93. The first kappa shape index (κ1) is 9.31. The Bertz CT molecular complexity index is 317. The minimum Gasteiger partial charge on any atom is -0.345 e. The van der Waals surface area contributed by atoms with Crippen LogP contribution in [0.1, 0.15) is 10.4 Å². The number of nitrogens with zero attached hydrogens (tertiary/aromatic N) is 3. The first-order valence-electron chi connectivity index (χ1n) is 3.70. The summed E-state index contributed by atoms with van der Waals surface area (Å²) in [4.78, 5) is 16.6. The Morgan fingerprint density at radius 1 is 1.54 bits per heavy atom. The molecular weight excluding hydrogens is 168 g/mol. The van der Waals surface area contributed by atoms with Crippen LogP contribution in [-0.4, -0.2) is 29.9 Å². The Morgan fingerprint density at radius 3 is 2.62 bits per heavy atom. The van der Waals surface area contributed by atoms with Crippen LogP contribution in [0.25, 0.3) is 0 Å². The van der Waals surface area contributed by atoms with Crippen LogP contribution in [0, 0.1) is 5.53 Å². The molecule has 0 saturated heterocycles. The molecule has 1 aromatic rings. The van der Waals surface area contributed by atoms with Crippen LogP contribution in [0.3, 0.4) is 0 Å². The monoisotopic (exact) mass is 178 g/mol. The molecule has 0 fully saturated rings. The van der Waals surface area contributed by atoms with E-state index in [1.165, 1.54) is 17.2 Å². The Balaban J connectivity index is 2.92. The van der Waals surface area contributed by atoms with Gasteiger partial charge in [-0.05, 0) is 12.1 Å². The average Bonchev–Trinajstić information content (AvgIpc) is 2.17. The molecule has 0 atom stereocenters. The Kier molecular flexibility index (Phi) is 2.69. The zero-order valence-electron chi connectivity index (χ0n) is 7.48. The van der Waals surface area contributed by atoms with Gasteiger partial charge in [-0.25, -0.2) is 10.5 Å². The quantitative estimate of drug-likeness (QED) is 0.696. The van der Waals surface area contributed by atoms with Crippen LogP contribution in [0.15, 0.2) is 23.4 Å². The number of pyridine rings is 1. The molecule has 68 valence electrons. The van der Waals surface area contributed by atoms with Crippen molar-refractivity contribution in [3.05, 3.63) is 23.9 Å². The van der Waals surface area contributed by atoms with Crippen molar-refractivity contribution in [3.63, 3.8) is 0 Å². The van der Waals surface area contributed by atoms with Gasteiger partial charge < -0.3 is 4.90 Å². The van der Waals surface area contributed by atoms with Crippen molar-refractivity contribution in [2.24, 2.45) is 5.11 Å². The van der Waals surface area contributed by atoms with Gasteiger partial charge in [-0.15, -0.1) is 5.11 Å². The number of hydrogen-bond acceptors (Lipinski definition) is 4. The highest BCUT2D eigenvalue weighted by Gasteiger charge is 2.07. The van der Waals surface area contributed by atoms with Crippen molar-refractivity contribution >= 4 is 11.7 Å². The van der Waals surface area contributed by atoms with Gasteiger partial charge in [0.15, 0.2) is 5.82 Å². The Labute approximate surface area is 75.9 Å². The van der Waals surface area contributed by atoms with Crippen LogP contribution in [0.2, 0.25) is 0 Å². The lowest BCUT2D eigenvalue weighted by Gasteiger charge is -2.08. The summed E-state index contributed by atoms with van der Waals surface area (Å²) in [6, 6.07) is 3.13. The fourth-order valence-electron chi connectivity index (χ4n) is 0.837. The zero-order chi connectivity index (χ0) is 9.84. The van der Waals surface area contributed by atoms with E-state index in [0.717, 1.165) is 0 Å². The minimum absolute atomic E-state index is 0.107. The lowest BCUT2D eigenvalue weighted by Crippen LogP contribution is -2.21. The normalized spacial score (nSPS) is 9.38. The van der Waals surface area contributed by atoms with Gasteiger partial charge in [-0.2, -0.15) is 0 Å². The van der Waals surface area contributed by atoms with Crippen LogP contribution in [0.5, 0.6) is 0 Å². The average molecular weight is 178 g/mol. The number of amides is 1. The number of carbonyl (C=O) groups is 1. The van der Waals surface area contributed by atoms with E-state index in [-0.39, 0.29) is 5.91 Å². The van der Waals surface area contributed by atoms with E-state index in [0.29, 0.717) is 11.4 Å². The van der Waals surface area contributed by atoms with Crippen molar-refractivity contribution in [1.29, 1.82) is 5.53 Å². The zero-order valence-corrected chi connectivity index (χ0v) is 7.48. The van der Waals surface area contributed by atoms with Gasteiger partial charge in [0, 0.05) is 20.3 Å². The number of carbonyl (C=O) groups excluding carboxylic acids is 1. The number of rotatable bonds is 2. The molecular formula is C8H10N4O. The second kappa shape index (κ2) is 3.75. The van der Waals surface area contributed by atoms with Crippen LogP contribution < -0.4 is 0 Å². The molecule has 0 aliphatic carbocycles. The van der Waals surface area contributed by atoms with Crippen molar-refractivity contribution in [3.8, 4) is 0 Å². The summed E-state index contributed by atoms with van der Waals surface area (Å²) >= 11 is 0. The molecule has 5 heteroatoms. The standard InChI is InChI=1S/C8H10N4O/c1-12(2)8(13)6-3-4-7(11-9)10-5-6/h3-5,9H,1-2H3. The fraction of sp³-hybridized carbons (Fsp3) is 0.250. The van der Waals surface area contributed by atoms with E-state index in [2.05, 4.69) is 10.1 Å². The number of hydrogen-bond donors (Lipinski definition) is 1. The van der Waals surface area contributed by atoms with Crippen LogP contribution in [0.4, 0.5) is 5.82 Å². The summed E-state index contributed by atoms with van der Waals surface area (Å²) in [5, 5.41) is 3.13.